The van der Waals surface area contributed by atoms with Crippen molar-refractivity contribution in [2.24, 2.45) is 7.05 Å². The first-order valence-corrected chi connectivity index (χ1v) is 6.34. The van der Waals surface area contributed by atoms with Crippen LogP contribution in [0.4, 0.5) is 0 Å². The van der Waals surface area contributed by atoms with Crippen molar-refractivity contribution in [2.75, 3.05) is 13.1 Å². The highest BCUT2D eigenvalue weighted by Gasteiger charge is 2.34. The molecule has 1 N–H and O–H groups in total. The highest BCUT2D eigenvalue weighted by molar-refractivity contribution is 5.38. The minimum absolute atomic E-state index is 0.165. The van der Waals surface area contributed by atoms with Gasteiger partial charge in [0.15, 0.2) is 0 Å². The van der Waals surface area contributed by atoms with Crippen molar-refractivity contribution in [1.29, 1.82) is 0 Å². The van der Waals surface area contributed by atoms with Gasteiger partial charge < -0.3 is 5.32 Å². The van der Waals surface area contributed by atoms with Gasteiger partial charge in [-0.15, -0.1) is 0 Å². The van der Waals surface area contributed by atoms with Crippen LogP contribution in [-0.4, -0.2) is 32.4 Å². The summed E-state index contributed by atoms with van der Waals surface area (Å²) in [5.41, 5.74) is 3.59. The standard InChI is InChI=1S/C13H19N5/c1-10-11(7-17(3)16-10)18-9-15-6-12(18)13(2)4-5-14-8-13/h6-7,9,14H,4-5,8H2,1-3H3. The molecule has 1 saturated heterocycles. The third-order valence-electron chi connectivity index (χ3n) is 3.87. The highest BCUT2D eigenvalue weighted by Crippen LogP contribution is 2.31. The van der Waals surface area contributed by atoms with Gasteiger partial charge in [-0.05, 0) is 19.9 Å². The second kappa shape index (κ2) is 3.95. The van der Waals surface area contributed by atoms with E-state index in [0.717, 1.165) is 30.9 Å². The Kier molecular flexibility index (Phi) is 2.52. The van der Waals surface area contributed by atoms with Gasteiger partial charge in [0.25, 0.3) is 0 Å². The number of nitrogens with zero attached hydrogens (tertiary/aromatic N) is 4. The van der Waals surface area contributed by atoms with Crippen molar-refractivity contribution in [3.8, 4) is 5.69 Å². The van der Waals surface area contributed by atoms with Crippen LogP contribution in [-0.2, 0) is 12.5 Å². The molecule has 0 amide bonds. The fourth-order valence-corrected chi connectivity index (χ4v) is 2.79. The molecule has 0 aromatic carbocycles. The van der Waals surface area contributed by atoms with Gasteiger partial charge in [-0.2, -0.15) is 5.10 Å². The van der Waals surface area contributed by atoms with E-state index >= 15 is 0 Å². The van der Waals surface area contributed by atoms with Gasteiger partial charge >= 0.3 is 0 Å². The maximum atomic E-state index is 4.41. The smallest absolute Gasteiger partial charge is 0.0995 e. The van der Waals surface area contributed by atoms with E-state index in [-0.39, 0.29) is 5.41 Å². The second-order valence-corrected chi connectivity index (χ2v) is 5.41. The van der Waals surface area contributed by atoms with Crippen LogP contribution in [0.25, 0.3) is 5.69 Å². The van der Waals surface area contributed by atoms with Gasteiger partial charge in [0.1, 0.15) is 0 Å². The number of nitrogens with one attached hydrogen (secondary N) is 1. The number of aryl methyl sites for hydroxylation is 2. The minimum atomic E-state index is 0.165. The lowest BCUT2D eigenvalue weighted by Crippen LogP contribution is -2.27. The minimum Gasteiger partial charge on any atom is -0.316 e. The SMILES string of the molecule is Cc1nn(C)cc1-n1cncc1C1(C)CCNC1. The van der Waals surface area contributed by atoms with Crippen LogP contribution in [0.5, 0.6) is 0 Å². The molecule has 96 valence electrons. The predicted octanol–water partition coefficient (Wildman–Crippen LogP) is 1.17. The molecular formula is C13H19N5. The van der Waals surface area contributed by atoms with Crippen molar-refractivity contribution < 1.29 is 0 Å². The molecule has 3 heterocycles. The number of hydrogen-bond donors (Lipinski definition) is 1. The van der Waals surface area contributed by atoms with Gasteiger partial charge in [-0.25, -0.2) is 4.98 Å². The third kappa shape index (κ3) is 1.66. The summed E-state index contributed by atoms with van der Waals surface area (Å²) >= 11 is 0. The molecule has 2 aromatic heterocycles. The van der Waals surface area contributed by atoms with E-state index in [1.807, 2.05) is 37.4 Å². The average molecular weight is 245 g/mol. The molecule has 1 aliphatic rings. The maximum absolute atomic E-state index is 4.41. The molecule has 0 aliphatic carbocycles. The van der Waals surface area contributed by atoms with Crippen LogP contribution in [0.1, 0.15) is 24.7 Å². The predicted molar refractivity (Wildman–Crippen MR) is 69.9 cm³/mol. The van der Waals surface area contributed by atoms with Crippen molar-refractivity contribution >= 4 is 0 Å². The first-order chi connectivity index (χ1) is 8.60. The van der Waals surface area contributed by atoms with E-state index in [1.54, 1.807) is 0 Å². The number of aromatic nitrogens is 4. The van der Waals surface area contributed by atoms with Gasteiger partial charge in [0.05, 0.1) is 17.7 Å². The van der Waals surface area contributed by atoms with Crippen LogP contribution >= 0.6 is 0 Å². The number of rotatable bonds is 2. The van der Waals surface area contributed by atoms with E-state index in [4.69, 9.17) is 0 Å². The molecule has 1 aliphatic heterocycles. The normalized spacial score (nSPS) is 23.7. The Balaban J connectivity index is 2.09. The zero-order valence-corrected chi connectivity index (χ0v) is 11.1. The molecule has 1 atom stereocenters. The van der Waals surface area contributed by atoms with Crippen LogP contribution in [0.3, 0.4) is 0 Å². The Labute approximate surface area is 107 Å². The summed E-state index contributed by atoms with van der Waals surface area (Å²) in [5, 5.41) is 7.85. The zero-order valence-electron chi connectivity index (χ0n) is 11.1. The van der Waals surface area contributed by atoms with Crippen molar-refractivity contribution in [3.05, 3.63) is 30.1 Å². The Morgan fingerprint density at radius 2 is 2.28 bits per heavy atom. The highest BCUT2D eigenvalue weighted by atomic mass is 15.3. The van der Waals surface area contributed by atoms with Gasteiger partial charge in [-0.1, -0.05) is 6.92 Å². The van der Waals surface area contributed by atoms with E-state index in [2.05, 4.69) is 26.9 Å². The molecule has 0 saturated carbocycles. The molecule has 0 bridgehead atoms. The summed E-state index contributed by atoms with van der Waals surface area (Å²) in [4.78, 5) is 4.34. The van der Waals surface area contributed by atoms with E-state index in [9.17, 15) is 0 Å². The van der Waals surface area contributed by atoms with Gasteiger partial charge in [0, 0.05) is 37.1 Å². The first kappa shape index (κ1) is 11.5. The first-order valence-electron chi connectivity index (χ1n) is 6.34. The topological polar surface area (TPSA) is 47.7 Å². The van der Waals surface area contributed by atoms with Crippen molar-refractivity contribution in [1.82, 2.24) is 24.6 Å². The summed E-state index contributed by atoms with van der Waals surface area (Å²) in [5.74, 6) is 0. The Morgan fingerprint density at radius 3 is 2.89 bits per heavy atom. The van der Waals surface area contributed by atoms with Crippen LogP contribution in [0.2, 0.25) is 0 Å². The largest absolute Gasteiger partial charge is 0.316 e. The lowest BCUT2D eigenvalue weighted by molar-refractivity contribution is 0.498. The molecule has 0 spiro atoms. The number of imidazole rings is 1. The summed E-state index contributed by atoms with van der Waals surface area (Å²) in [6.07, 6.45) is 7.08. The quantitative estimate of drug-likeness (QED) is 0.864. The van der Waals surface area contributed by atoms with Crippen LogP contribution in [0, 0.1) is 6.92 Å². The van der Waals surface area contributed by atoms with Crippen molar-refractivity contribution in [2.45, 2.75) is 25.7 Å². The molecule has 3 rings (SSSR count). The molecule has 5 nitrogen and oxygen atoms in total. The number of hydrogen-bond acceptors (Lipinski definition) is 3. The zero-order chi connectivity index (χ0) is 12.8. The summed E-state index contributed by atoms with van der Waals surface area (Å²) < 4.78 is 4.03. The summed E-state index contributed by atoms with van der Waals surface area (Å²) in [6.45, 7) is 6.42. The summed E-state index contributed by atoms with van der Waals surface area (Å²) in [6, 6.07) is 0. The van der Waals surface area contributed by atoms with Crippen molar-refractivity contribution in [3.63, 3.8) is 0 Å². The summed E-state index contributed by atoms with van der Waals surface area (Å²) in [7, 11) is 1.95. The molecule has 5 heteroatoms. The molecule has 2 aromatic rings. The lowest BCUT2D eigenvalue weighted by atomic mass is 9.86. The molecule has 18 heavy (non-hydrogen) atoms. The Bertz CT molecular complexity index is 560. The average Bonchev–Trinajstić information content (AvgIpc) is 2.98. The molecule has 1 unspecified atom stereocenters. The van der Waals surface area contributed by atoms with Crippen LogP contribution < -0.4 is 5.32 Å². The van der Waals surface area contributed by atoms with Gasteiger partial charge in [0.2, 0.25) is 0 Å². The fourth-order valence-electron chi connectivity index (χ4n) is 2.79. The lowest BCUT2D eigenvalue weighted by Gasteiger charge is -2.23. The maximum Gasteiger partial charge on any atom is 0.0995 e. The Morgan fingerprint density at radius 1 is 1.44 bits per heavy atom. The molecular weight excluding hydrogens is 226 g/mol. The third-order valence-corrected chi connectivity index (χ3v) is 3.87. The second-order valence-electron chi connectivity index (χ2n) is 5.41. The van der Waals surface area contributed by atoms with Gasteiger partial charge in [-0.3, -0.25) is 9.25 Å². The molecule has 0 radical (unpaired) electrons. The van der Waals surface area contributed by atoms with E-state index < -0.39 is 0 Å². The van der Waals surface area contributed by atoms with E-state index in [0.29, 0.717) is 0 Å². The monoisotopic (exact) mass is 245 g/mol. The fraction of sp³-hybridized carbons (Fsp3) is 0.538. The van der Waals surface area contributed by atoms with Crippen LogP contribution in [0.15, 0.2) is 18.7 Å². The molecule has 1 fully saturated rings. The van der Waals surface area contributed by atoms with E-state index in [1.165, 1.54) is 5.69 Å². The Hall–Kier alpha value is -1.62.